The molecule has 6 heteroatoms. The molecule has 0 saturated heterocycles. The van der Waals surface area contributed by atoms with Gasteiger partial charge in [-0.3, -0.25) is 0 Å². The molecule has 0 unspecified atom stereocenters. The minimum Gasteiger partial charge on any atom is -0.504 e. The summed E-state index contributed by atoms with van der Waals surface area (Å²) in [4.78, 5) is 20.9. The summed E-state index contributed by atoms with van der Waals surface area (Å²) in [6.07, 6.45) is 0. The Kier molecular flexibility index (Phi) is 6.17. The molecule has 0 atom stereocenters. The first kappa shape index (κ1) is 20.0. The van der Waals surface area contributed by atoms with Gasteiger partial charge in [-0.05, 0) is 41.7 Å². The van der Waals surface area contributed by atoms with Crippen molar-refractivity contribution < 1.29 is 30.0 Å². The van der Waals surface area contributed by atoms with Crippen molar-refractivity contribution in [1.82, 2.24) is 0 Å². The van der Waals surface area contributed by atoms with Gasteiger partial charge in [-0.25, -0.2) is 9.59 Å². The van der Waals surface area contributed by atoms with Gasteiger partial charge in [0.2, 0.25) is 0 Å². The number of carboxylic acid groups (broad SMARTS) is 2. The van der Waals surface area contributed by atoms with Gasteiger partial charge in [-0.1, -0.05) is 39.0 Å². The maximum atomic E-state index is 10.5. The molecule has 2 rings (SSSR count). The molecule has 0 fully saturated rings. The molecule has 0 heterocycles. The molecule has 2 aromatic rings. The van der Waals surface area contributed by atoms with Gasteiger partial charge in [-0.15, -0.1) is 0 Å². The molecule has 134 valence electrons. The number of aromatic carboxylic acids is 2. The lowest BCUT2D eigenvalue weighted by molar-refractivity contribution is 0.0651. The van der Waals surface area contributed by atoms with E-state index in [1.807, 2.05) is 6.07 Å². The fourth-order valence-corrected chi connectivity index (χ4v) is 2.05. The number of aromatic hydroxyl groups is 2. The second-order valence-corrected chi connectivity index (χ2v) is 6.57. The number of aryl methyl sites for hydroxylation is 1. The van der Waals surface area contributed by atoms with Crippen molar-refractivity contribution in [3.63, 3.8) is 0 Å². The van der Waals surface area contributed by atoms with Crippen LogP contribution in [0.3, 0.4) is 0 Å². The lowest BCUT2D eigenvalue weighted by Gasteiger charge is -2.20. The largest absolute Gasteiger partial charge is 0.504 e. The molecule has 0 spiro atoms. The Morgan fingerprint density at radius 1 is 0.880 bits per heavy atom. The van der Waals surface area contributed by atoms with Gasteiger partial charge in [0.25, 0.3) is 0 Å². The third-order valence-electron chi connectivity index (χ3n) is 3.53. The number of carboxylic acids is 2. The number of carbonyl (C=O) groups is 2. The lowest BCUT2D eigenvalue weighted by atomic mass is 9.86. The lowest BCUT2D eigenvalue weighted by Crippen LogP contribution is -2.10. The van der Waals surface area contributed by atoms with E-state index in [1.54, 1.807) is 13.0 Å². The fourth-order valence-electron chi connectivity index (χ4n) is 2.05. The zero-order chi connectivity index (χ0) is 19.4. The molecule has 4 N–H and O–H groups in total. The van der Waals surface area contributed by atoms with Crippen LogP contribution in [-0.4, -0.2) is 32.4 Å². The highest BCUT2D eigenvalue weighted by Gasteiger charge is 2.16. The second-order valence-electron chi connectivity index (χ2n) is 6.57. The predicted octanol–water partition coefficient (Wildman–Crippen LogP) is 3.79. The van der Waals surface area contributed by atoms with Crippen molar-refractivity contribution in [3.8, 4) is 11.5 Å². The number of phenols is 2. The predicted molar refractivity (Wildman–Crippen MR) is 93.6 cm³/mol. The van der Waals surface area contributed by atoms with Crippen LogP contribution in [-0.2, 0) is 5.41 Å². The molecule has 0 aliphatic carbocycles. The van der Waals surface area contributed by atoms with Gasteiger partial charge in [0, 0.05) is 0 Å². The van der Waals surface area contributed by atoms with E-state index in [2.05, 4.69) is 20.8 Å². The minimum atomic E-state index is -1.23. The van der Waals surface area contributed by atoms with E-state index in [0.29, 0.717) is 5.56 Å². The van der Waals surface area contributed by atoms with Crippen LogP contribution in [0.5, 0.6) is 11.5 Å². The van der Waals surface area contributed by atoms with Gasteiger partial charge in [0.05, 0.1) is 11.1 Å². The molecule has 25 heavy (non-hydrogen) atoms. The van der Waals surface area contributed by atoms with Crippen molar-refractivity contribution in [1.29, 1.82) is 0 Å². The van der Waals surface area contributed by atoms with Crippen LogP contribution < -0.4 is 0 Å². The summed E-state index contributed by atoms with van der Waals surface area (Å²) < 4.78 is 0. The van der Waals surface area contributed by atoms with E-state index in [-0.39, 0.29) is 28.0 Å². The highest BCUT2D eigenvalue weighted by molar-refractivity contribution is 6.01. The zero-order valence-electron chi connectivity index (χ0n) is 14.6. The van der Waals surface area contributed by atoms with Gasteiger partial charge in [0.1, 0.15) is 0 Å². The van der Waals surface area contributed by atoms with Crippen LogP contribution >= 0.6 is 0 Å². The first-order chi connectivity index (χ1) is 11.4. The van der Waals surface area contributed by atoms with Crippen molar-refractivity contribution in [2.75, 3.05) is 0 Å². The summed E-state index contributed by atoms with van der Waals surface area (Å²) in [5.74, 6) is -2.51. The van der Waals surface area contributed by atoms with Crippen LogP contribution in [0.15, 0.2) is 36.4 Å². The second kappa shape index (κ2) is 7.70. The van der Waals surface area contributed by atoms with Gasteiger partial charge >= 0.3 is 11.9 Å². The van der Waals surface area contributed by atoms with Crippen LogP contribution in [0.2, 0.25) is 0 Å². The Bertz CT molecular complexity index is 731. The average molecular weight is 346 g/mol. The highest BCUT2D eigenvalue weighted by Crippen LogP contribution is 2.34. The molecule has 6 nitrogen and oxygen atoms in total. The summed E-state index contributed by atoms with van der Waals surface area (Å²) in [5.41, 5.74) is 1.36. The molecule has 0 saturated carbocycles. The number of hydrogen-bond donors (Lipinski definition) is 4. The van der Waals surface area contributed by atoms with E-state index >= 15 is 0 Å². The monoisotopic (exact) mass is 346 g/mol. The van der Waals surface area contributed by atoms with Crippen LogP contribution in [0.25, 0.3) is 0 Å². The molecule has 0 aliphatic rings. The molecule has 0 radical (unpaired) electrons. The third kappa shape index (κ3) is 5.24. The van der Waals surface area contributed by atoms with Crippen LogP contribution in [0.4, 0.5) is 0 Å². The Morgan fingerprint density at radius 2 is 1.32 bits per heavy atom. The number of phenolic OH excluding ortho intramolecular Hbond substituents is 2. The average Bonchev–Trinajstić information content (AvgIpc) is 2.51. The summed E-state index contributed by atoms with van der Waals surface area (Å²) in [5, 5.41) is 35.8. The molecule has 2 aromatic carbocycles. The van der Waals surface area contributed by atoms with Crippen LogP contribution in [0, 0.1) is 6.92 Å². The topological polar surface area (TPSA) is 115 Å². The molecule has 0 aromatic heterocycles. The summed E-state index contributed by atoms with van der Waals surface area (Å²) >= 11 is 0. The SMILES string of the molecule is Cc1cc(C(C)(C)C)cc(O)c1O.O=C(O)c1ccccc1C(=O)O. The number of hydrogen-bond acceptors (Lipinski definition) is 4. The summed E-state index contributed by atoms with van der Waals surface area (Å²) in [6, 6.07) is 8.99. The quantitative estimate of drug-likeness (QED) is 0.615. The standard InChI is InChI=1S/C11H16O2.C8H6O4/c1-7-5-8(11(2,3)4)6-9(12)10(7)13;9-7(10)5-3-1-2-4-6(5)8(11)12/h5-6,12-13H,1-4H3;1-4H,(H,9,10)(H,11,12). The van der Waals surface area contributed by atoms with E-state index in [9.17, 15) is 19.8 Å². The molecular weight excluding hydrogens is 324 g/mol. The molecular formula is C19H22O6. The van der Waals surface area contributed by atoms with Gasteiger partial charge in [-0.2, -0.15) is 0 Å². The normalized spacial score (nSPS) is 10.6. The van der Waals surface area contributed by atoms with Crippen molar-refractivity contribution in [2.24, 2.45) is 0 Å². The smallest absolute Gasteiger partial charge is 0.336 e. The first-order valence-electron chi connectivity index (χ1n) is 7.53. The molecule has 0 aliphatic heterocycles. The van der Waals surface area contributed by atoms with Gasteiger partial charge < -0.3 is 20.4 Å². The Morgan fingerprint density at radius 3 is 1.64 bits per heavy atom. The van der Waals surface area contributed by atoms with E-state index in [1.165, 1.54) is 24.3 Å². The van der Waals surface area contributed by atoms with E-state index in [0.717, 1.165) is 5.56 Å². The van der Waals surface area contributed by atoms with E-state index in [4.69, 9.17) is 10.2 Å². The molecule has 0 amide bonds. The number of benzene rings is 2. The maximum absolute atomic E-state index is 10.5. The van der Waals surface area contributed by atoms with Crippen molar-refractivity contribution in [2.45, 2.75) is 33.1 Å². The Labute approximate surface area is 146 Å². The number of rotatable bonds is 2. The third-order valence-corrected chi connectivity index (χ3v) is 3.53. The van der Waals surface area contributed by atoms with Crippen molar-refractivity contribution in [3.05, 3.63) is 58.7 Å². The summed E-state index contributed by atoms with van der Waals surface area (Å²) in [6.45, 7) is 7.99. The minimum absolute atomic E-state index is 0.00403. The first-order valence-corrected chi connectivity index (χ1v) is 7.53. The Hall–Kier alpha value is -3.02. The van der Waals surface area contributed by atoms with Crippen molar-refractivity contribution >= 4 is 11.9 Å². The fraction of sp³-hybridized carbons (Fsp3) is 0.263. The molecule has 0 bridgehead atoms. The van der Waals surface area contributed by atoms with E-state index < -0.39 is 11.9 Å². The van der Waals surface area contributed by atoms with Gasteiger partial charge in [0.15, 0.2) is 11.5 Å². The Balaban J connectivity index is 0.000000251. The highest BCUT2D eigenvalue weighted by atomic mass is 16.4. The summed E-state index contributed by atoms with van der Waals surface area (Å²) in [7, 11) is 0. The van der Waals surface area contributed by atoms with Crippen LogP contribution in [0.1, 0.15) is 52.6 Å². The zero-order valence-corrected chi connectivity index (χ0v) is 14.6. The maximum Gasteiger partial charge on any atom is 0.336 e.